The zero-order valence-electron chi connectivity index (χ0n) is 15.6. The third-order valence-electron chi connectivity index (χ3n) is 2.14. The van der Waals surface area contributed by atoms with Crippen LogP contribution in [0.3, 0.4) is 0 Å². The molecule has 0 saturated carbocycles. The average molecular weight is 325 g/mol. The van der Waals surface area contributed by atoms with Crippen LogP contribution < -0.4 is 17.5 Å². The number of carboxylic acid groups (broad SMARTS) is 1. The maximum atomic E-state index is 9.49. The molecule has 0 aromatic rings. The van der Waals surface area contributed by atoms with Gasteiger partial charge in [-0.1, -0.05) is 20.4 Å². The van der Waals surface area contributed by atoms with Crippen molar-refractivity contribution in [3.8, 4) is 0 Å². The Morgan fingerprint density at radius 3 is 1.10 bits per heavy atom. The molecule has 0 saturated heterocycles. The molecule has 0 aliphatic carbocycles. The number of quaternary nitrogens is 2. The minimum absolute atomic E-state index is 0. The van der Waals surface area contributed by atoms with Gasteiger partial charge in [-0.3, -0.25) is 0 Å². The number of carbonyl (C=O) groups excluding carboxylic acids is 1. The van der Waals surface area contributed by atoms with Gasteiger partial charge in [-0.05, 0) is 25.3 Å². The molecule has 0 aliphatic heterocycles. The predicted octanol–water partition coefficient (Wildman–Crippen LogP) is -1.48. The Balaban J connectivity index is -0.000000101. The lowest BCUT2D eigenvalue weighted by atomic mass is 10.4. The predicted molar refractivity (Wildman–Crippen MR) is 86.2 cm³/mol. The SMILES string of the molecule is C=C(C)C(=O)[O-].CCC[N+](C)(C)C.CCC[N+](C)(C)C.[Cl-]. The maximum Gasteiger partial charge on any atom is 0.0777 e. The summed E-state index contributed by atoms with van der Waals surface area (Å²) in [7, 11) is 13.3. The van der Waals surface area contributed by atoms with Crippen LogP contribution in [-0.4, -0.2) is 70.3 Å². The summed E-state index contributed by atoms with van der Waals surface area (Å²) in [5.74, 6) is -1.19. The average Bonchev–Trinajstić information content (AvgIpc) is 2.15. The molecule has 0 aromatic carbocycles. The number of halogens is 1. The van der Waals surface area contributed by atoms with Gasteiger partial charge in [-0.25, -0.2) is 0 Å². The van der Waals surface area contributed by atoms with E-state index >= 15 is 0 Å². The topological polar surface area (TPSA) is 40.1 Å². The molecule has 0 aliphatic rings. The van der Waals surface area contributed by atoms with E-state index in [1.165, 1.54) is 32.9 Å². The summed E-state index contributed by atoms with van der Waals surface area (Å²) in [6.07, 6.45) is 2.56. The summed E-state index contributed by atoms with van der Waals surface area (Å²) in [4.78, 5) is 9.49. The van der Waals surface area contributed by atoms with Gasteiger partial charge in [0.25, 0.3) is 0 Å². The van der Waals surface area contributed by atoms with Crippen LogP contribution in [0.2, 0.25) is 0 Å². The summed E-state index contributed by atoms with van der Waals surface area (Å²) in [5.41, 5.74) is 0.0648. The van der Waals surface area contributed by atoms with Crippen molar-refractivity contribution in [1.29, 1.82) is 0 Å². The summed E-state index contributed by atoms with van der Waals surface area (Å²) < 4.78 is 2.19. The molecule has 0 rings (SSSR count). The van der Waals surface area contributed by atoms with Gasteiger partial charge in [0, 0.05) is 0 Å². The highest BCUT2D eigenvalue weighted by Crippen LogP contribution is 1.90. The van der Waals surface area contributed by atoms with Crippen molar-refractivity contribution in [2.75, 3.05) is 55.4 Å². The van der Waals surface area contributed by atoms with Gasteiger partial charge in [0.1, 0.15) is 0 Å². The van der Waals surface area contributed by atoms with Crippen molar-refractivity contribution < 1.29 is 31.3 Å². The summed E-state index contributed by atoms with van der Waals surface area (Å²) in [6, 6.07) is 0. The van der Waals surface area contributed by atoms with Gasteiger partial charge in [0.2, 0.25) is 0 Å². The molecule has 21 heavy (non-hydrogen) atoms. The van der Waals surface area contributed by atoms with Crippen molar-refractivity contribution in [2.24, 2.45) is 0 Å². The zero-order chi connectivity index (χ0) is 17.0. The van der Waals surface area contributed by atoms with E-state index in [2.05, 4.69) is 62.7 Å². The molecule has 0 amide bonds. The minimum atomic E-state index is -1.19. The number of hydrogen-bond acceptors (Lipinski definition) is 2. The van der Waals surface area contributed by atoms with Crippen molar-refractivity contribution in [3.05, 3.63) is 12.2 Å². The van der Waals surface area contributed by atoms with Crippen molar-refractivity contribution in [3.63, 3.8) is 0 Å². The highest BCUT2D eigenvalue weighted by molar-refractivity contribution is 5.82. The van der Waals surface area contributed by atoms with Gasteiger partial charge >= 0.3 is 0 Å². The zero-order valence-corrected chi connectivity index (χ0v) is 16.4. The van der Waals surface area contributed by atoms with Crippen LogP contribution in [0, 0.1) is 0 Å². The quantitative estimate of drug-likeness (QED) is 0.457. The van der Waals surface area contributed by atoms with E-state index in [-0.39, 0.29) is 18.0 Å². The van der Waals surface area contributed by atoms with Crippen LogP contribution in [0.1, 0.15) is 33.6 Å². The molecule has 0 fully saturated rings. The van der Waals surface area contributed by atoms with Crippen molar-refractivity contribution in [2.45, 2.75) is 33.6 Å². The molecule has 0 atom stereocenters. The Bertz CT molecular complexity index is 238. The summed E-state index contributed by atoms with van der Waals surface area (Å²) >= 11 is 0. The van der Waals surface area contributed by atoms with Crippen LogP contribution >= 0.6 is 0 Å². The first kappa shape index (κ1) is 28.6. The highest BCUT2D eigenvalue weighted by atomic mass is 35.5. The first-order valence-corrected chi connectivity index (χ1v) is 7.24. The van der Waals surface area contributed by atoms with Crippen LogP contribution in [0.15, 0.2) is 12.2 Å². The third kappa shape index (κ3) is 45.2. The van der Waals surface area contributed by atoms with E-state index in [4.69, 9.17) is 0 Å². The Labute approximate surface area is 139 Å². The monoisotopic (exact) mass is 324 g/mol. The second-order valence-corrected chi connectivity index (χ2v) is 7.10. The molecular formula is C16H37ClN2O2. The van der Waals surface area contributed by atoms with Crippen LogP contribution in [0.25, 0.3) is 0 Å². The fraction of sp³-hybridized carbons (Fsp3) is 0.812. The first-order valence-electron chi connectivity index (χ1n) is 7.24. The molecule has 5 heteroatoms. The molecule has 0 bridgehead atoms. The van der Waals surface area contributed by atoms with Crippen molar-refractivity contribution in [1.82, 2.24) is 0 Å². The smallest absolute Gasteiger partial charge is 0.0777 e. The lowest BCUT2D eigenvalue weighted by molar-refractivity contribution is -0.870. The third-order valence-corrected chi connectivity index (χ3v) is 2.14. The normalized spacial score (nSPS) is 10.1. The van der Waals surface area contributed by atoms with E-state index in [0.29, 0.717) is 0 Å². The van der Waals surface area contributed by atoms with Gasteiger partial charge in [-0.2, -0.15) is 0 Å². The number of rotatable bonds is 5. The standard InChI is InChI=1S/2C6H16N.C4H6O2.ClH/c2*1-5-6-7(2,3)4;1-3(2)4(5)6;/h2*5-6H2,1-4H3;1H2,2H3,(H,5,6);1H/q2*+1;;/p-2. The Morgan fingerprint density at radius 1 is 0.905 bits per heavy atom. The fourth-order valence-electron chi connectivity index (χ4n) is 1.34. The molecule has 0 radical (unpaired) electrons. The molecule has 0 aromatic heterocycles. The number of aliphatic carboxylic acids is 1. The van der Waals surface area contributed by atoms with Gasteiger partial charge in [0.15, 0.2) is 0 Å². The van der Waals surface area contributed by atoms with Crippen LogP contribution in [-0.2, 0) is 4.79 Å². The van der Waals surface area contributed by atoms with E-state index in [0.717, 1.165) is 8.97 Å². The molecule has 0 N–H and O–H groups in total. The minimum Gasteiger partial charge on any atom is -1.00 e. The van der Waals surface area contributed by atoms with E-state index in [9.17, 15) is 9.90 Å². The first-order chi connectivity index (χ1) is 8.76. The Hall–Kier alpha value is -0.580. The molecular weight excluding hydrogens is 288 g/mol. The van der Waals surface area contributed by atoms with Crippen LogP contribution in [0.5, 0.6) is 0 Å². The number of carbonyl (C=O) groups is 1. The molecule has 0 heterocycles. The molecule has 0 unspecified atom stereocenters. The van der Waals surface area contributed by atoms with Gasteiger partial charge < -0.3 is 31.3 Å². The lowest BCUT2D eigenvalue weighted by Gasteiger charge is -2.22. The number of carboxylic acids is 1. The molecule has 4 nitrogen and oxygen atoms in total. The second kappa shape index (κ2) is 14.4. The molecule has 130 valence electrons. The summed E-state index contributed by atoms with van der Waals surface area (Å²) in [5, 5.41) is 9.49. The maximum absolute atomic E-state index is 9.49. The second-order valence-electron chi connectivity index (χ2n) is 7.10. The number of hydrogen-bond donors (Lipinski definition) is 0. The van der Waals surface area contributed by atoms with E-state index < -0.39 is 5.97 Å². The summed E-state index contributed by atoms with van der Waals surface area (Å²) in [6.45, 7) is 11.5. The van der Waals surface area contributed by atoms with Gasteiger partial charge in [-0.15, -0.1) is 0 Å². The van der Waals surface area contributed by atoms with E-state index in [1.54, 1.807) is 0 Å². The lowest BCUT2D eigenvalue weighted by Crippen LogP contribution is -3.00. The Morgan fingerprint density at radius 2 is 1.10 bits per heavy atom. The van der Waals surface area contributed by atoms with Crippen LogP contribution in [0.4, 0.5) is 0 Å². The highest BCUT2D eigenvalue weighted by Gasteiger charge is 2.01. The fourth-order valence-corrected chi connectivity index (χ4v) is 1.34. The Kier molecular flexibility index (Phi) is 19.5. The van der Waals surface area contributed by atoms with E-state index in [1.807, 2.05) is 0 Å². The number of nitrogens with zero attached hydrogens (tertiary/aromatic N) is 2. The largest absolute Gasteiger partial charge is 1.00 e. The molecule has 0 spiro atoms. The van der Waals surface area contributed by atoms with Gasteiger partial charge in [0.05, 0.1) is 61.3 Å². The van der Waals surface area contributed by atoms with Crippen molar-refractivity contribution >= 4 is 5.97 Å².